The zero-order chi connectivity index (χ0) is 16.4. The second kappa shape index (κ2) is 6.60. The summed E-state index contributed by atoms with van der Waals surface area (Å²) in [5, 5.41) is 3.28. The maximum atomic E-state index is 12.5. The predicted octanol–water partition coefficient (Wildman–Crippen LogP) is 5.16. The molecule has 0 aliphatic heterocycles. The fourth-order valence-corrected chi connectivity index (χ4v) is 2.84. The molecule has 2 aromatic carbocycles. The predicted molar refractivity (Wildman–Crippen MR) is 93.9 cm³/mol. The second-order valence-corrected chi connectivity index (χ2v) is 7.41. The third-order valence-electron chi connectivity index (χ3n) is 3.61. The Labute approximate surface area is 149 Å². The SMILES string of the molecule is O=C(Nc1ccccc1)c1cc(Cl)ccc1OCC1CC1(Cl)Cl. The molecule has 1 saturated carbocycles. The normalized spacial score (nSPS) is 18.3. The number of nitrogens with one attached hydrogen (secondary N) is 1. The third kappa shape index (κ3) is 4.11. The maximum Gasteiger partial charge on any atom is 0.259 e. The molecule has 2 aromatic rings. The summed E-state index contributed by atoms with van der Waals surface area (Å²) in [7, 11) is 0. The van der Waals surface area contributed by atoms with Gasteiger partial charge in [0.25, 0.3) is 5.91 Å². The molecule has 23 heavy (non-hydrogen) atoms. The molecule has 1 aliphatic carbocycles. The molecule has 1 amide bonds. The van der Waals surface area contributed by atoms with Gasteiger partial charge in [0, 0.05) is 16.6 Å². The van der Waals surface area contributed by atoms with Crippen molar-refractivity contribution in [3.8, 4) is 5.75 Å². The van der Waals surface area contributed by atoms with Crippen molar-refractivity contribution in [3.05, 3.63) is 59.1 Å². The van der Waals surface area contributed by atoms with Gasteiger partial charge in [-0.15, -0.1) is 23.2 Å². The van der Waals surface area contributed by atoms with Crippen LogP contribution in [0, 0.1) is 5.92 Å². The van der Waals surface area contributed by atoms with Gasteiger partial charge in [0.05, 0.1) is 12.2 Å². The number of rotatable bonds is 5. The third-order valence-corrected chi connectivity index (χ3v) is 4.77. The molecule has 1 atom stereocenters. The lowest BCUT2D eigenvalue weighted by molar-refractivity contribution is 0.102. The highest BCUT2D eigenvalue weighted by Crippen LogP contribution is 2.53. The van der Waals surface area contributed by atoms with E-state index in [2.05, 4.69) is 5.32 Å². The first-order valence-corrected chi connectivity index (χ1v) is 8.26. The molecule has 3 rings (SSSR count). The molecule has 1 unspecified atom stereocenters. The van der Waals surface area contributed by atoms with Crippen LogP contribution in [-0.4, -0.2) is 16.8 Å². The molecule has 0 saturated heterocycles. The summed E-state index contributed by atoms with van der Waals surface area (Å²) in [5.74, 6) is 0.248. The molecule has 1 fully saturated rings. The van der Waals surface area contributed by atoms with Crippen LogP contribution < -0.4 is 10.1 Å². The lowest BCUT2D eigenvalue weighted by atomic mass is 10.1. The van der Waals surface area contributed by atoms with Crippen LogP contribution in [0.1, 0.15) is 16.8 Å². The van der Waals surface area contributed by atoms with Crippen LogP contribution in [0.15, 0.2) is 48.5 Å². The standard InChI is InChI=1S/C17H14Cl3NO2/c18-12-6-7-15(23-10-11-9-17(11,19)20)14(8-12)16(22)21-13-4-2-1-3-5-13/h1-8,11H,9-10H2,(H,21,22). The van der Waals surface area contributed by atoms with Crippen molar-refractivity contribution in [2.24, 2.45) is 5.92 Å². The van der Waals surface area contributed by atoms with E-state index in [0.717, 1.165) is 0 Å². The average molecular weight is 371 g/mol. The molecule has 0 radical (unpaired) electrons. The van der Waals surface area contributed by atoms with Crippen molar-refractivity contribution in [2.75, 3.05) is 11.9 Å². The van der Waals surface area contributed by atoms with Crippen LogP contribution in [0.3, 0.4) is 0 Å². The zero-order valence-corrected chi connectivity index (χ0v) is 14.3. The minimum Gasteiger partial charge on any atom is -0.492 e. The Morgan fingerprint density at radius 2 is 1.91 bits per heavy atom. The fraction of sp³-hybridized carbons (Fsp3) is 0.235. The van der Waals surface area contributed by atoms with Crippen molar-refractivity contribution in [2.45, 2.75) is 10.8 Å². The van der Waals surface area contributed by atoms with Crippen LogP contribution in [-0.2, 0) is 0 Å². The van der Waals surface area contributed by atoms with Gasteiger partial charge in [-0.25, -0.2) is 0 Å². The van der Waals surface area contributed by atoms with E-state index in [1.54, 1.807) is 18.2 Å². The number of alkyl halides is 2. The smallest absolute Gasteiger partial charge is 0.259 e. The van der Waals surface area contributed by atoms with E-state index < -0.39 is 4.33 Å². The minimum absolute atomic E-state index is 0.0755. The Hall–Kier alpha value is -1.42. The molecule has 6 heteroatoms. The van der Waals surface area contributed by atoms with E-state index in [4.69, 9.17) is 39.5 Å². The monoisotopic (exact) mass is 369 g/mol. The number of hydrogen-bond acceptors (Lipinski definition) is 2. The van der Waals surface area contributed by atoms with Gasteiger partial charge < -0.3 is 10.1 Å². The molecule has 0 spiro atoms. The number of carbonyl (C=O) groups excluding carboxylic acids is 1. The highest BCUT2D eigenvalue weighted by Gasteiger charge is 2.52. The summed E-state index contributed by atoms with van der Waals surface area (Å²) in [5.41, 5.74) is 1.07. The average Bonchev–Trinajstić information content (AvgIpc) is 3.14. The Kier molecular flexibility index (Phi) is 4.72. The topological polar surface area (TPSA) is 38.3 Å². The summed E-state index contributed by atoms with van der Waals surface area (Å²) in [4.78, 5) is 12.5. The molecule has 0 aromatic heterocycles. The van der Waals surface area contributed by atoms with Gasteiger partial charge in [0.2, 0.25) is 0 Å². The summed E-state index contributed by atoms with van der Waals surface area (Å²) in [6.45, 7) is 0.361. The lowest BCUT2D eigenvalue weighted by Crippen LogP contribution is -2.14. The van der Waals surface area contributed by atoms with Gasteiger partial charge in [0.1, 0.15) is 10.1 Å². The summed E-state index contributed by atoms with van der Waals surface area (Å²) in [6.07, 6.45) is 0.690. The Morgan fingerprint density at radius 1 is 1.22 bits per heavy atom. The first-order chi connectivity index (χ1) is 11.0. The number of benzene rings is 2. The highest BCUT2D eigenvalue weighted by molar-refractivity contribution is 6.50. The Morgan fingerprint density at radius 3 is 2.57 bits per heavy atom. The molecule has 0 heterocycles. The van der Waals surface area contributed by atoms with E-state index in [0.29, 0.717) is 35.1 Å². The van der Waals surface area contributed by atoms with Crippen molar-refractivity contribution >= 4 is 46.4 Å². The van der Waals surface area contributed by atoms with E-state index in [1.807, 2.05) is 30.3 Å². The lowest BCUT2D eigenvalue weighted by Gasteiger charge is -2.12. The van der Waals surface area contributed by atoms with Gasteiger partial charge in [0.15, 0.2) is 0 Å². The van der Waals surface area contributed by atoms with E-state index >= 15 is 0 Å². The van der Waals surface area contributed by atoms with Crippen molar-refractivity contribution < 1.29 is 9.53 Å². The first kappa shape index (κ1) is 16.4. The number of ether oxygens (including phenoxy) is 1. The molecule has 1 N–H and O–H groups in total. The number of anilines is 1. The van der Waals surface area contributed by atoms with Crippen LogP contribution >= 0.6 is 34.8 Å². The summed E-state index contributed by atoms with van der Waals surface area (Å²) >= 11 is 18.0. The minimum atomic E-state index is -0.709. The van der Waals surface area contributed by atoms with E-state index in [9.17, 15) is 4.79 Å². The van der Waals surface area contributed by atoms with Crippen LogP contribution in [0.2, 0.25) is 5.02 Å². The van der Waals surface area contributed by atoms with Crippen molar-refractivity contribution in [1.29, 1.82) is 0 Å². The van der Waals surface area contributed by atoms with Gasteiger partial charge in [-0.1, -0.05) is 29.8 Å². The molecule has 0 bridgehead atoms. The highest BCUT2D eigenvalue weighted by atomic mass is 35.5. The van der Waals surface area contributed by atoms with Crippen LogP contribution in [0.25, 0.3) is 0 Å². The van der Waals surface area contributed by atoms with Gasteiger partial charge in [-0.05, 0) is 36.8 Å². The quantitative estimate of drug-likeness (QED) is 0.738. The molecule has 120 valence electrons. The summed E-state index contributed by atoms with van der Waals surface area (Å²) < 4.78 is 5.01. The second-order valence-electron chi connectivity index (χ2n) is 5.43. The molecule has 3 nitrogen and oxygen atoms in total. The largest absolute Gasteiger partial charge is 0.492 e. The van der Waals surface area contributed by atoms with Gasteiger partial charge in [-0.2, -0.15) is 0 Å². The first-order valence-electron chi connectivity index (χ1n) is 7.12. The maximum absolute atomic E-state index is 12.5. The van der Waals surface area contributed by atoms with E-state index in [-0.39, 0.29) is 11.8 Å². The van der Waals surface area contributed by atoms with E-state index in [1.165, 1.54) is 0 Å². The number of halogens is 3. The van der Waals surface area contributed by atoms with Crippen molar-refractivity contribution in [1.82, 2.24) is 0 Å². The number of hydrogen-bond donors (Lipinski definition) is 1. The van der Waals surface area contributed by atoms with Gasteiger partial charge >= 0.3 is 0 Å². The number of amides is 1. The number of carbonyl (C=O) groups is 1. The van der Waals surface area contributed by atoms with Crippen LogP contribution in [0.5, 0.6) is 5.75 Å². The Bertz CT molecular complexity index is 719. The fourth-order valence-electron chi connectivity index (χ4n) is 2.17. The van der Waals surface area contributed by atoms with Crippen molar-refractivity contribution in [3.63, 3.8) is 0 Å². The molecular weight excluding hydrogens is 357 g/mol. The summed E-state index contributed by atoms with van der Waals surface area (Å²) in [6, 6.07) is 14.1. The van der Waals surface area contributed by atoms with Gasteiger partial charge in [-0.3, -0.25) is 4.79 Å². The number of para-hydroxylation sites is 1. The molecular formula is C17H14Cl3NO2. The van der Waals surface area contributed by atoms with Crippen LogP contribution in [0.4, 0.5) is 5.69 Å². The Balaban J connectivity index is 1.74. The molecule has 1 aliphatic rings. The zero-order valence-electron chi connectivity index (χ0n) is 12.1.